The largest absolute Gasteiger partial charge is 0.437 e. The van der Waals surface area contributed by atoms with Crippen LogP contribution in [0.15, 0.2) is 45.8 Å². The van der Waals surface area contributed by atoms with Crippen molar-refractivity contribution in [3.8, 4) is 11.5 Å². The highest BCUT2D eigenvalue weighted by Gasteiger charge is 2.45. The summed E-state index contributed by atoms with van der Waals surface area (Å²) in [6, 6.07) is 3.01. The van der Waals surface area contributed by atoms with Gasteiger partial charge in [-0.3, -0.25) is 9.48 Å². The van der Waals surface area contributed by atoms with Gasteiger partial charge in [0.15, 0.2) is 23.1 Å². The SMILES string of the molecule is Cn1cc(-c2nc(C(F)(F)F)c(C(=O)N3CCc4[nH]cnc4[C@H]3c3nc4cccc(F)c4o3)o2)cn1. The number of amides is 1. The van der Waals surface area contributed by atoms with E-state index in [4.69, 9.17) is 8.83 Å². The first-order valence-electron chi connectivity index (χ1n) is 10.7. The van der Waals surface area contributed by atoms with Crippen molar-refractivity contribution in [3.05, 3.63) is 71.5 Å². The van der Waals surface area contributed by atoms with Gasteiger partial charge in [-0.1, -0.05) is 6.07 Å². The van der Waals surface area contributed by atoms with Gasteiger partial charge in [0.05, 0.1) is 23.8 Å². The average Bonchev–Trinajstić information content (AvgIpc) is 3.62. The van der Waals surface area contributed by atoms with Crippen molar-refractivity contribution in [1.82, 2.24) is 34.6 Å². The molecule has 0 fully saturated rings. The molecule has 0 saturated heterocycles. The Morgan fingerprint density at radius 1 is 1.22 bits per heavy atom. The molecule has 5 aromatic rings. The molecule has 4 aromatic heterocycles. The molecule has 5 heterocycles. The van der Waals surface area contributed by atoms with Crippen molar-refractivity contribution in [2.45, 2.75) is 18.6 Å². The molecule has 36 heavy (non-hydrogen) atoms. The van der Waals surface area contributed by atoms with Gasteiger partial charge in [-0.15, -0.1) is 0 Å². The molecule has 184 valence electrons. The number of imidazole rings is 1. The topological polar surface area (TPSA) is 119 Å². The maximum atomic E-state index is 14.3. The van der Waals surface area contributed by atoms with Gasteiger partial charge < -0.3 is 18.7 Å². The van der Waals surface area contributed by atoms with E-state index in [1.54, 1.807) is 7.05 Å². The third-order valence-corrected chi connectivity index (χ3v) is 5.84. The standard InChI is InChI=1S/C22H15F4N7O3/c1-32-8-10(7-29-32)19-31-18(22(24,25)26)17(36-19)21(34)33-6-5-12-14(28-9-27-12)15(33)20-30-13-4-2-3-11(23)16(13)35-20/h2-4,7-9,15H,5-6H2,1H3,(H,27,28)/t15-/m0/s1. The monoisotopic (exact) mass is 501 g/mol. The summed E-state index contributed by atoms with van der Waals surface area (Å²) in [5.74, 6) is -3.26. The molecular formula is C22H15F4N7O3. The van der Waals surface area contributed by atoms with Crippen molar-refractivity contribution in [2.24, 2.45) is 7.05 Å². The fourth-order valence-electron chi connectivity index (χ4n) is 4.24. The van der Waals surface area contributed by atoms with Gasteiger partial charge >= 0.3 is 6.18 Å². The molecule has 0 bridgehead atoms. The second-order valence-electron chi connectivity index (χ2n) is 8.15. The Morgan fingerprint density at radius 3 is 2.78 bits per heavy atom. The quantitative estimate of drug-likeness (QED) is 0.373. The first-order valence-corrected chi connectivity index (χ1v) is 10.7. The number of nitrogens with one attached hydrogen (secondary N) is 1. The number of benzene rings is 1. The molecule has 1 amide bonds. The van der Waals surface area contributed by atoms with E-state index in [2.05, 4.69) is 25.0 Å². The number of oxazole rings is 2. The number of alkyl halides is 3. The molecule has 6 rings (SSSR count). The van der Waals surface area contributed by atoms with Crippen LogP contribution in [-0.4, -0.2) is 47.1 Å². The lowest BCUT2D eigenvalue weighted by molar-refractivity contribution is -0.141. The molecular weight excluding hydrogens is 486 g/mol. The van der Waals surface area contributed by atoms with Gasteiger partial charge in [-0.05, 0) is 12.1 Å². The lowest BCUT2D eigenvalue weighted by Crippen LogP contribution is -2.41. The maximum absolute atomic E-state index is 14.3. The zero-order valence-electron chi connectivity index (χ0n) is 18.4. The van der Waals surface area contributed by atoms with Gasteiger partial charge in [-0.2, -0.15) is 18.3 Å². The summed E-state index contributed by atoms with van der Waals surface area (Å²) >= 11 is 0. The molecule has 0 radical (unpaired) electrons. The number of rotatable bonds is 3. The number of fused-ring (bicyclic) bond motifs is 2. The highest BCUT2D eigenvalue weighted by atomic mass is 19.4. The molecule has 0 unspecified atom stereocenters. The van der Waals surface area contributed by atoms with Crippen LogP contribution < -0.4 is 0 Å². The summed E-state index contributed by atoms with van der Waals surface area (Å²) in [4.78, 5) is 29.7. The number of aromatic amines is 1. The average molecular weight is 501 g/mol. The molecule has 1 aromatic carbocycles. The minimum atomic E-state index is -4.97. The number of nitrogens with zero attached hydrogens (tertiary/aromatic N) is 6. The fourth-order valence-corrected chi connectivity index (χ4v) is 4.24. The Labute approximate surface area is 198 Å². The Kier molecular flexibility index (Phi) is 4.74. The lowest BCUT2D eigenvalue weighted by Gasteiger charge is -2.32. The van der Waals surface area contributed by atoms with Crippen LogP contribution >= 0.6 is 0 Å². The molecule has 0 aliphatic carbocycles. The van der Waals surface area contributed by atoms with Gasteiger partial charge in [0.1, 0.15) is 5.52 Å². The van der Waals surface area contributed by atoms with Gasteiger partial charge in [0.2, 0.25) is 17.5 Å². The van der Waals surface area contributed by atoms with Crippen LogP contribution in [0.1, 0.15) is 39.6 Å². The zero-order chi connectivity index (χ0) is 25.2. The van der Waals surface area contributed by atoms with Gasteiger partial charge in [0.25, 0.3) is 5.91 Å². The van der Waals surface area contributed by atoms with Crippen molar-refractivity contribution in [1.29, 1.82) is 0 Å². The number of H-pyrrole nitrogens is 1. The fraction of sp³-hybridized carbons (Fsp3) is 0.227. The normalized spacial score (nSPS) is 16.0. The minimum absolute atomic E-state index is 0.0138. The summed E-state index contributed by atoms with van der Waals surface area (Å²) in [6.07, 6.45) is -0.625. The molecule has 14 heteroatoms. The highest BCUT2D eigenvalue weighted by Crippen LogP contribution is 2.39. The second kappa shape index (κ2) is 7.76. The van der Waals surface area contributed by atoms with Crippen molar-refractivity contribution in [3.63, 3.8) is 0 Å². The maximum Gasteiger partial charge on any atom is 0.437 e. The van der Waals surface area contributed by atoms with Crippen LogP contribution in [0.25, 0.3) is 22.6 Å². The zero-order valence-corrected chi connectivity index (χ0v) is 18.4. The van der Waals surface area contributed by atoms with Crippen LogP contribution in [0.4, 0.5) is 17.6 Å². The minimum Gasteiger partial charge on any atom is -0.435 e. The summed E-state index contributed by atoms with van der Waals surface area (Å²) in [6.45, 7) is -0.0138. The Bertz CT molecular complexity index is 1610. The van der Waals surface area contributed by atoms with Crippen LogP contribution in [0.3, 0.4) is 0 Å². The molecule has 0 spiro atoms. The van der Waals surface area contributed by atoms with Gasteiger partial charge in [-0.25, -0.2) is 19.3 Å². The number of carbonyl (C=O) groups is 1. The molecule has 1 aliphatic heterocycles. The predicted molar refractivity (Wildman–Crippen MR) is 113 cm³/mol. The first-order chi connectivity index (χ1) is 17.2. The number of carbonyl (C=O) groups excluding carboxylic acids is 1. The van der Waals surface area contributed by atoms with E-state index in [-0.39, 0.29) is 35.5 Å². The van der Waals surface area contributed by atoms with Crippen molar-refractivity contribution < 1.29 is 31.2 Å². The van der Waals surface area contributed by atoms with E-state index in [1.165, 1.54) is 41.6 Å². The number of aromatic nitrogens is 6. The molecule has 0 saturated carbocycles. The highest BCUT2D eigenvalue weighted by molar-refractivity contribution is 5.94. The molecule has 1 atom stereocenters. The van der Waals surface area contributed by atoms with Crippen LogP contribution in [0.5, 0.6) is 0 Å². The summed E-state index contributed by atoms with van der Waals surface area (Å²) in [7, 11) is 1.58. The Morgan fingerprint density at radius 2 is 2.06 bits per heavy atom. The van der Waals surface area contributed by atoms with Crippen LogP contribution in [0.2, 0.25) is 0 Å². The molecule has 10 nitrogen and oxygen atoms in total. The third kappa shape index (κ3) is 3.44. The number of para-hydroxylation sites is 1. The first kappa shape index (κ1) is 22.0. The summed E-state index contributed by atoms with van der Waals surface area (Å²) in [5, 5.41) is 3.90. The van der Waals surface area contributed by atoms with Crippen LogP contribution in [0, 0.1) is 5.82 Å². The number of aryl methyl sites for hydroxylation is 1. The van der Waals surface area contributed by atoms with Crippen molar-refractivity contribution >= 4 is 17.0 Å². The van der Waals surface area contributed by atoms with E-state index in [0.717, 1.165) is 4.90 Å². The number of hydrogen-bond donors (Lipinski definition) is 1. The smallest absolute Gasteiger partial charge is 0.435 e. The number of halogens is 4. The molecule has 1 N–H and O–H groups in total. The van der Waals surface area contributed by atoms with E-state index in [9.17, 15) is 22.4 Å². The van der Waals surface area contributed by atoms with E-state index >= 15 is 0 Å². The van der Waals surface area contributed by atoms with E-state index in [0.29, 0.717) is 11.4 Å². The summed E-state index contributed by atoms with van der Waals surface area (Å²) < 4.78 is 68.4. The Hall–Kier alpha value is -4.49. The third-order valence-electron chi connectivity index (χ3n) is 5.84. The Balaban J connectivity index is 1.48. The summed E-state index contributed by atoms with van der Waals surface area (Å²) in [5.41, 5.74) is -0.284. The molecule has 1 aliphatic rings. The lowest BCUT2D eigenvalue weighted by atomic mass is 10.0. The second-order valence-corrected chi connectivity index (χ2v) is 8.15. The van der Waals surface area contributed by atoms with Gasteiger partial charge in [0, 0.05) is 31.9 Å². The van der Waals surface area contributed by atoms with Crippen LogP contribution in [-0.2, 0) is 19.6 Å². The predicted octanol–water partition coefficient (Wildman–Crippen LogP) is 3.89. The van der Waals surface area contributed by atoms with Crippen molar-refractivity contribution in [2.75, 3.05) is 6.54 Å². The van der Waals surface area contributed by atoms with E-state index < -0.39 is 41.3 Å². The number of hydrogen-bond acceptors (Lipinski definition) is 7. The van der Waals surface area contributed by atoms with E-state index in [1.807, 2.05) is 0 Å².